The van der Waals surface area contributed by atoms with Gasteiger partial charge in [-0.2, -0.15) is 0 Å². The number of hydrogen-bond donors (Lipinski definition) is 0. The fraction of sp³-hybridized carbons (Fsp3) is 0.0769. The van der Waals surface area contributed by atoms with E-state index in [4.69, 9.17) is 19.4 Å². The van der Waals surface area contributed by atoms with Crippen molar-refractivity contribution in [3.05, 3.63) is 84.9 Å². The molecule has 4 aromatic carbocycles. The Morgan fingerprint density at radius 1 is 0.533 bits per heavy atom. The molecule has 0 bridgehead atoms. The average molecular weight is 392 g/mol. The molecule has 0 N–H and O–H groups in total. The second-order valence-corrected chi connectivity index (χ2v) is 7.07. The predicted octanol–water partition coefficient (Wildman–Crippen LogP) is 6.13. The average Bonchev–Trinajstić information content (AvgIpc) is 2.82. The summed E-state index contributed by atoms with van der Waals surface area (Å²) in [6, 6.07) is 28.3. The van der Waals surface area contributed by atoms with Gasteiger partial charge >= 0.3 is 0 Å². The molecule has 0 aliphatic rings. The lowest BCUT2D eigenvalue weighted by Gasteiger charge is -2.12. The number of rotatable bonds is 4. The van der Waals surface area contributed by atoms with Crippen LogP contribution in [0, 0.1) is 0 Å². The molecule has 0 fully saturated rings. The summed E-state index contributed by atoms with van der Waals surface area (Å²) in [5, 5.41) is 2.30. The van der Waals surface area contributed by atoms with Gasteiger partial charge in [-0.15, -0.1) is 0 Å². The monoisotopic (exact) mass is 392 g/mol. The first-order chi connectivity index (χ1) is 14.7. The second-order valence-electron chi connectivity index (χ2n) is 7.07. The highest BCUT2D eigenvalue weighted by molar-refractivity contribution is 5.97. The van der Waals surface area contributed by atoms with Crippen LogP contribution in [0.25, 0.3) is 44.3 Å². The molecule has 0 atom stereocenters. The molecular formula is C26H20N2O2. The highest BCUT2D eigenvalue weighted by atomic mass is 16.5. The Bertz CT molecular complexity index is 1240. The fourth-order valence-corrected chi connectivity index (χ4v) is 3.64. The van der Waals surface area contributed by atoms with E-state index in [1.165, 1.54) is 0 Å². The van der Waals surface area contributed by atoms with Crippen molar-refractivity contribution in [2.24, 2.45) is 0 Å². The van der Waals surface area contributed by atoms with Crippen molar-refractivity contribution < 1.29 is 9.47 Å². The van der Waals surface area contributed by atoms with E-state index >= 15 is 0 Å². The zero-order valence-electron chi connectivity index (χ0n) is 16.8. The predicted molar refractivity (Wildman–Crippen MR) is 121 cm³/mol. The summed E-state index contributed by atoms with van der Waals surface area (Å²) in [5.74, 6) is 1.62. The van der Waals surface area contributed by atoms with E-state index in [0.717, 1.165) is 55.8 Å². The summed E-state index contributed by atoms with van der Waals surface area (Å²) in [6.45, 7) is 0. The van der Waals surface area contributed by atoms with Crippen molar-refractivity contribution in [3.63, 3.8) is 0 Å². The van der Waals surface area contributed by atoms with E-state index in [1.807, 2.05) is 60.7 Å². The van der Waals surface area contributed by atoms with E-state index in [0.29, 0.717) is 0 Å². The van der Waals surface area contributed by atoms with Crippen molar-refractivity contribution in [2.45, 2.75) is 0 Å². The summed E-state index contributed by atoms with van der Waals surface area (Å²) in [4.78, 5) is 10.1. The maximum absolute atomic E-state index is 5.31. The lowest BCUT2D eigenvalue weighted by molar-refractivity contribution is 0.414. The van der Waals surface area contributed by atoms with Gasteiger partial charge in [0, 0.05) is 11.1 Å². The third kappa shape index (κ3) is 3.22. The number of fused-ring (bicyclic) bond motifs is 2. The van der Waals surface area contributed by atoms with E-state index in [1.54, 1.807) is 14.2 Å². The van der Waals surface area contributed by atoms with Gasteiger partial charge < -0.3 is 9.47 Å². The summed E-state index contributed by atoms with van der Waals surface area (Å²) < 4.78 is 10.6. The minimum atomic E-state index is 0.810. The molecule has 0 unspecified atom stereocenters. The quantitative estimate of drug-likeness (QED) is 0.345. The van der Waals surface area contributed by atoms with E-state index in [2.05, 4.69) is 24.3 Å². The van der Waals surface area contributed by atoms with Gasteiger partial charge in [-0.1, -0.05) is 24.3 Å². The first-order valence-electron chi connectivity index (χ1n) is 9.74. The Hall–Kier alpha value is -3.92. The Morgan fingerprint density at radius 2 is 0.933 bits per heavy atom. The van der Waals surface area contributed by atoms with Crippen LogP contribution < -0.4 is 9.47 Å². The molecule has 1 aromatic heterocycles. The highest BCUT2D eigenvalue weighted by Crippen LogP contribution is 2.33. The number of hydrogen-bond acceptors (Lipinski definition) is 4. The van der Waals surface area contributed by atoms with Gasteiger partial charge in [0.1, 0.15) is 11.5 Å². The number of aromatic nitrogens is 2. The van der Waals surface area contributed by atoms with Crippen LogP contribution in [0.3, 0.4) is 0 Å². The molecule has 0 aliphatic heterocycles. The Balaban J connectivity index is 1.77. The zero-order valence-corrected chi connectivity index (χ0v) is 16.8. The van der Waals surface area contributed by atoms with Crippen molar-refractivity contribution in [2.75, 3.05) is 14.2 Å². The Morgan fingerprint density at radius 3 is 1.30 bits per heavy atom. The minimum Gasteiger partial charge on any atom is -0.497 e. The molecule has 146 valence electrons. The van der Waals surface area contributed by atoms with Crippen LogP contribution in [-0.2, 0) is 0 Å². The van der Waals surface area contributed by atoms with Crippen LogP contribution in [0.2, 0.25) is 0 Å². The molecule has 4 heteroatoms. The lowest BCUT2D eigenvalue weighted by Crippen LogP contribution is -1.96. The maximum atomic E-state index is 5.31. The molecule has 5 aromatic rings. The smallest absolute Gasteiger partial charge is 0.118 e. The molecular weight excluding hydrogens is 372 g/mol. The molecule has 1 heterocycles. The summed E-state index contributed by atoms with van der Waals surface area (Å²) in [7, 11) is 3.33. The second kappa shape index (κ2) is 7.48. The highest BCUT2D eigenvalue weighted by Gasteiger charge is 2.14. The number of nitrogens with zero attached hydrogens (tertiary/aromatic N) is 2. The van der Waals surface area contributed by atoms with Crippen LogP contribution in [0.15, 0.2) is 84.9 Å². The Kier molecular flexibility index (Phi) is 4.52. The molecule has 5 rings (SSSR count). The SMILES string of the molecule is COc1ccc(-c2nc3cc4ccccc4cc3nc2-c2ccc(OC)cc2)cc1. The number of ether oxygens (including phenoxy) is 2. The van der Waals surface area contributed by atoms with E-state index < -0.39 is 0 Å². The summed E-state index contributed by atoms with van der Waals surface area (Å²) >= 11 is 0. The molecule has 0 radical (unpaired) electrons. The van der Waals surface area contributed by atoms with Gasteiger partial charge in [0.15, 0.2) is 0 Å². The Labute approximate surface area is 174 Å². The van der Waals surface area contributed by atoms with Gasteiger partial charge in [-0.3, -0.25) is 0 Å². The number of benzene rings is 4. The normalized spacial score (nSPS) is 11.0. The van der Waals surface area contributed by atoms with E-state index in [9.17, 15) is 0 Å². The van der Waals surface area contributed by atoms with Crippen molar-refractivity contribution >= 4 is 21.8 Å². The van der Waals surface area contributed by atoms with Gasteiger partial charge in [0.05, 0.1) is 36.6 Å². The third-order valence-corrected chi connectivity index (χ3v) is 5.26. The minimum absolute atomic E-state index is 0.810. The molecule has 4 nitrogen and oxygen atoms in total. The third-order valence-electron chi connectivity index (χ3n) is 5.26. The van der Waals surface area contributed by atoms with Crippen LogP contribution in [0.5, 0.6) is 11.5 Å². The first kappa shape index (κ1) is 18.1. The molecule has 0 saturated heterocycles. The molecule has 30 heavy (non-hydrogen) atoms. The van der Waals surface area contributed by atoms with Gasteiger partial charge in [0.2, 0.25) is 0 Å². The molecule has 0 saturated carbocycles. The van der Waals surface area contributed by atoms with E-state index in [-0.39, 0.29) is 0 Å². The van der Waals surface area contributed by atoms with Gasteiger partial charge in [0.25, 0.3) is 0 Å². The summed E-state index contributed by atoms with van der Waals surface area (Å²) in [6.07, 6.45) is 0. The standard InChI is InChI=1S/C26H20N2O2/c1-29-21-11-7-17(8-12-21)25-26(18-9-13-22(30-2)14-10-18)28-24-16-20-6-4-3-5-19(20)15-23(24)27-25/h3-16H,1-2H3. The van der Waals surface area contributed by atoms with Crippen LogP contribution >= 0.6 is 0 Å². The van der Waals surface area contributed by atoms with Gasteiger partial charge in [-0.25, -0.2) is 9.97 Å². The van der Waals surface area contributed by atoms with Crippen molar-refractivity contribution in [3.8, 4) is 34.0 Å². The number of methoxy groups -OCH3 is 2. The topological polar surface area (TPSA) is 44.2 Å². The van der Waals surface area contributed by atoms with Gasteiger partial charge in [-0.05, 0) is 71.4 Å². The maximum Gasteiger partial charge on any atom is 0.118 e. The largest absolute Gasteiger partial charge is 0.497 e. The van der Waals surface area contributed by atoms with Crippen molar-refractivity contribution in [1.82, 2.24) is 9.97 Å². The summed E-state index contributed by atoms with van der Waals surface area (Å²) in [5.41, 5.74) is 5.40. The first-order valence-corrected chi connectivity index (χ1v) is 9.74. The van der Waals surface area contributed by atoms with Crippen LogP contribution in [0.1, 0.15) is 0 Å². The van der Waals surface area contributed by atoms with Crippen LogP contribution in [0.4, 0.5) is 0 Å². The lowest BCUT2D eigenvalue weighted by atomic mass is 10.0. The molecule has 0 spiro atoms. The van der Waals surface area contributed by atoms with Crippen LogP contribution in [-0.4, -0.2) is 24.2 Å². The molecule has 0 amide bonds. The fourth-order valence-electron chi connectivity index (χ4n) is 3.64. The van der Waals surface area contributed by atoms with Crippen molar-refractivity contribution in [1.29, 1.82) is 0 Å². The zero-order chi connectivity index (χ0) is 20.5. The molecule has 0 aliphatic carbocycles.